The Balaban J connectivity index is 1.31. The number of amides is 1. The van der Waals surface area contributed by atoms with Gasteiger partial charge in [0.2, 0.25) is 0 Å². The van der Waals surface area contributed by atoms with Crippen LogP contribution in [0, 0.1) is 19.8 Å². The molecular formula is C25H35N5O2. The van der Waals surface area contributed by atoms with Gasteiger partial charge in [0.05, 0.1) is 5.69 Å². The van der Waals surface area contributed by atoms with Crippen molar-refractivity contribution in [3.63, 3.8) is 0 Å². The minimum atomic E-state index is 0.0454. The summed E-state index contributed by atoms with van der Waals surface area (Å²) < 4.78 is 5.35. The van der Waals surface area contributed by atoms with Crippen LogP contribution in [0.2, 0.25) is 0 Å². The van der Waals surface area contributed by atoms with E-state index < -0.39 is 0 Å². The summed E-state index contributed by atoms with van der Waals surface area (Å²) in [4.78, 5) is 27.8. The average Bonchev–Trinajstić information content (AvgIpc) is 3.52. The van der Waals surface area contributed by atoms with Crippen LogP contribution >= 0.6 is 0 Å². The first-order valence-electron chi connectivity index (χ1n) is 12.3. The third-order valence-electron chi connectivity index (χ3n) is 7.34. The molecule has 0 N–H and O–H groups in total. The summed E-state index contributed by atoms with van der Waals surface area (Å²) in [5.74, 6) is 4.14. The third-order valence-corrected chi connectivity index (χ3v) is 7.34. The van der Waals surface area contributed by atoms with Gasteiger partial charge in [0.15, 0.2) is 0 Å². The van der Waals surface area contributed by atoms with Gasteiger partial charge in [0.1, 0.15) is 23.0 Å². The molecule has 172 valence electrons. The van der Waals surface area contributed by atoms with Crippen LogP contribution in [0.25, 0.3) is 0 Å². The van der Waals surface area contributed by atoms with E-state index in [0.717, 1.165) is 68.6 Å². The second-order valence-corrected chi connectivity index (χ2v) is 10.2. The Bertz CT molecular complexity index is 1000. The van der Waals surface area contributed by atoms with E-state index in [-0.39, 0.29) is 11.8 Å². The summed E-state index contributed by atoms with van der Waals surface area (Å²) in [5.41, 5.74) is 3.90. The van der Waals surface area contributed by atoms with Crippen LogP contribution in [0.1, 0.15) is 96.7 Å². The SMILES string of the molecule is Cc1nc(C2CCN(C(=O)c3c(C(C)C)noc3C)CC2)nc2c1CCCN2CC1CC1. The molecule has 7 heteroatoms. The van der Waals surface area contributed by atoms with Crippen molar-refractivity contribution in [1.82, 2.24) is 20.0 Å². The van der Waals surface area contributed by atoms with Gasteiger partial charge in [0.25, 0.3) is 5.91 Å². The number of hydrogen-bond acceptors (Lipinski definition) is 6. The van der Waals surface area contributed by atoms with E-state index in [2.05, 4.69) is 17.0 Å². The van der Waals surface area contributed by atoms with Gasteiger partial charge in [0, 0.05) is 43.4 Å². The number of likely N-dealkylation sites (tertiary alicyclic amines) is 1. The van der Waals surface area contributed by atoms with Crippen LogP contribution in [0.4, 0.5) is 5.82 Å². The monoisotopic (exact) mass is 437 g/mol. The zero-order chi connectivity index (χ0) is 22.4. The van der Waals surface area contributed by atoms with Crippen molar-refractivity contribution in [1.29, 1.82) is 0 Å². The molecular weight excluding hydrogens is 402 g/mol. The first-order chi connectivity index (χ1) is 15.4. The lowest BCUT2D eigenvalue weighted by atomic mass is 9.94. The fraction of sp³-hybridized carbons (Fsp3) is 0.680. The zero-order valence-electron chi connectivity index (χ0n) is 19.9. The van der Waals surface area contributed by atoms with Gasteiger partial charge in [-0.1, -0.05) is 19.0 Å². The fourth-order valence-corrected chi connectivity index (χ4v) is 5.22. The van der Waals surface area contributed by atoms with E-state index in [9.17, 15) is 4.79 Å². The molecule has 2 fully saturated rings. The van der Waals surface area contributed by atoms with Crippen LogP contribution in [-0.2, 0) is 6.42 Å². The number of nitrogens with zero attached hydrogens (tertiary/aromatic N) is 5. The number of aryl methyl sites for hydroxylation is 2. The van der Waals surface area contributed by atoms with Gasteiger partial charge in [-0.2, -0.15) is 0 Å². The van der Waals surface area contributed by atoms with E-state index in [4.69, 9.17) is 14.5 Å². The molecule has 0 unspecified atom stereocenters. The van der Waals surface area contributed by atoms with Crippen LogP contribution in [0.5, 0.6) is 0 Å². The lowest BCUT2D eigenvalue weighted by Crippen LogP contribution is -2.39. The van der Waals surface area contributed by atoms with Gasteiger partial charge >= 0.3 is 0 Å². The highest BCUT2D eigenvalue weighted by Crippen LogP contribution is 2.36. The molecule has 3 aliphatic rings. The fourth-order valence-electron chi connectivity index (χ4n) is 5.22. The Morgan fingerprint density at radius 3 is 2.53 bits per heavy atom. The maximum atomic E-state index is 13.2. The van der Waals surface area contributed by atoms with E-state index >= 15 is 0 Å². The lowest BCUT2D eigenvalue weighted by Gasteiger charge is -2.34. The first kappa shape index (κ1) is 21.4. The number of rotatable bonds is 5. The molecule has 1 saturated heterocycles. The Labute approximate surface area is 190 Å². The van der Waals surface area contributed by atoms with Crippen LogP contribution in [0.15, 0.2) is 4.52 Å². The first-order valence-corrected chi connectivity index (χ1v) is 12.3. The summed E-state index contributed by atoms with van der Waals surface area (Å²) >= 11 is 0. The topological polar surface area (TPSA) is 75.4 Å². The number of hydrogen-bond donors (Lipinski definition) is 0. The standard InChI is InChI=1S/C25H35N5O2/c1-15(2)22-21(17(4)32-28-22)25(31)29-12-9-19(10-13-29)23-26-16(3)20-6-5-11-30(24(20)27-23)14-18-7-8-18/h15,18-19H,5-14H2,1-4H3. The van der Waals surface area contributed by atoms with E-state index in [1.807, 2.05) is 25.7 Å². The van der Waals surface area contributed by atoms with E-state index in [1.165, 1.54) is 30.6 Å². The minimum absolute atomic E-state index is 0.0454. The third kappa shape index (κ3) is 4.02. The van der Waals surface area contributed by atoms with Gasteiger partial charge in [-0.15, -0.1) is 0 Å². The molecule has 0 atom stereocenters. The molecule has 0 spiro atoms. The summed E-state index contributed by atoms with van der Waals surface area (Å²) in [7, 11) is 0. The van der Waals surface area contributed by atoms with Crippen molar-refractivity contribution in [2.24, 2.45) is 5.92 Å². The molecule has 2 aliphatic heterocycles. The molecule has 1 aliphatic carbocycles. The maximum Gasteiger partial charge on any atom is 0.259 e. The Hall–Kier alpha value is -2.44. The normalized spacial score (nSPS) is 19.5. The van der Waals surface area contributed by atoms with Crippen LogP contribution < -0.4 is 4.90 Å². The number of piperidine rings is 1. The summed E-state index contributed by atoms with van der Waals surface area (Å²) in [6.45, 7) is 11.8. The molecule has 0 bridgehead atoms. The van der Waals surface area contributed by atoms with Gasteiger partial charge < -0.3 is 14.3 Å². The highest BCUT2D eigenvalue weighted by molar-refractivity contribution is 5.96. The molecule has 1 amide bonds. The van der Waals surface area contributed by atoms with E-state index in [0.29, 0.717) is 17.2 Å². The molecule has 1 saturated carbocycles. The largest absolute Gasteiger partial charge is 0.361 e. The van der Waals surface area contributed by atoms with Crippen LogP contribution in [-0.4, -0.2) is 52.1 Å². The second-order valence-electron chi connectivity index (χ2n) is 10.2. The van der Waals surface area contributed by atoms with Gasteiger partial charge in [-0.25, -0.2) is 9.97 Å². The van der Waals surface area contributed by atoms with Crippen molar-refractivity contribution in [3.05, 3.63) is 34.1 Å². The summed E-state index contributed by atoms with van der Waals surface area (Å²) in [5, 5.41) is 4.13. The number of fused-ring (bicyclic) bond motifs is 1. The number of carbonyl (C=O) groups is 1. The van der Waals surface area contributed by atoms with Crippen molar-refractivity contribution >= 4 is 11.7 Å². The highest BCUT2D eigenvalue weighted by Gasteiger charge is 2.33. The maximum absolute atomic E-state index is 13.2. The molecule has 32 heavy (non-hydrogen) atoms. The van der Waals surface area contributed by atoms with Crippen molar-refractivity contribution < 1.29 is 9.32 Å². The zero-order valence-corrected chi connectivity index (χ0v) is 19.9. The second kappa shape index (κ2) is 8.49. The van der Waals surface area contributed by atoms with Crippen molar-refractivity contribution in [3.8, 4) is 0 Å². The van der Waals surface area contributed by atoms with Gasteiger partial charge in [-0.3, -0.25) is 4.79 Å². The van der Waals surface area contributed by atoms with Gasteiger partial charge in [-0.05, 0) is 64.2 Å². The molecule has 5 rings (SSSR count). The molecule has 2 aromatic rings. The number of carbonyl (C=O) groups excluding carboxylic acids is 1. The van der Waals surface area contributed by atoms with Crippen molar-refractivity contribution in [2.45, 2.75) is 78.1 Å². The Morgan fingerprint density at radius 1 is 1.09 bits per heavy atom. The lowest BCUT2D eigenvalue weighted by molar-refractivity contribution is 0.0708. The average molecular weight is 438 g/mol. The predicted octanol–water partition coefficient (Wildman–Crippen LogP) is 4.39. The molecule has 4 heterocycles. The quantitative estimate of drug-likeness (QED) is 0.691. The summed E-state index contributed by atoms with van der Waals surface area (Å²) in [6, 6.07) is 0. The minimum Gasteiger partial charge on any atom is -0.361 e. The Kier molecular flexibility index (Phi) is 5.68. The molecule has 0 aromatic carbocycles. The highest BCUT2D eigenvalue weighted by atomic mass is 16.5. The van der Waals surface area contributed by atoms with Crippen LogP contribution in [0.3, 0.4) is 0 Å². The predicted molar refractivity (Wildman–Crippen MR) is 123 cm³/mol. The van der Waals surface area contributed by atoms with E-state index in [1.54, 1.807) is 0 Å². The number of aromatic nitrogens is 3. The Morgan fingerprint density at radius 2 is 1.84 bits per heavy atom. The molecule has 7 nitrogen and oxygen atoms in total. The molecule has 0 radical (unpaired) electrons. The summed E-state index contributed by atoms with van der Waals surface area (Å²) in [6.07, 6.45) is 6.80. The van der Waals surface area contributed by atoms with Crippen molar-refractivity contribution in [2.75, 3.05) is 31.1 Å². The number of anilines is 1. The molecule has 2 aromatic heterocycles. The smallest absolute Gasteiger partial charge is 0.259 e.